The lowest BCUT2D eigenvalue weighted by Gasteiger charge is -2.32. The van der Waals surface area contributed by atoms with Crippen LogP contribution in [0.5, 0.6) is 0 Å². The number of anilines is 1. The molecule has 0 unspecified atom stereocenters. The molecule has 1 aromatic heterocycles. The van der Waals surface area contributed by atoms with Crippen LogP contribution in [0.25, 0.3) is 16.6 Å². The summed E-state index contributed by atoms with van der Waals surface area (Å²) in [6.07, 6.45) is 0. The zero-order valence-electron chi connectivity index (χ0n) is 21.7. The molecule has 7 rings (SSSR count). The van der Waals surface area contributed by atoms with E-state index >= 15 is 0 Å². The molecule has 2 saturated heterocycles. The quantitative estimate of drug-likeness (QED) is 0.418. The van der Waals surface area contributed by atoms with Crippen LogP contribution in [0.15, 0.2) is 71.5 Å². The van der Waals surface area contributed by atoms with Crippen LogP contribution in [0.2, 0.25) is 0 Å². The Hall–Kier alpha value is -4.10. The van der Waals surface area contributed by atoms with Gasteiger partial charge in [-0.2, -0.15) is 0 Å². The first-order chi connectivity index (χ1) is 18.3. The van der Waals surface area contributed by atoms with E-state index in [9.17, 15) is 14.4 Å². The Balaban J connectivity index is 1.54. The number of amides is 2. The highest BCUT2D eigenvalue weighted by molar-refractivity contribution is 6.23. The Bertz CT molecular complexity index is 1760. The van der Waals surface area contributed by atoms with Gasteiger partial charge in [0.2, 0.25) is 11.8 Å². The number of hydrogen-bond acceptors (Lipinski definition) is 5. The highest BCUT2D eigenvalue weighted by atomic mass is 16.2. The molecule has 0 aliphatic carbocycles. The number of hydrogen-bond donors (Lipinski definition) is 1. The molecule has 0 saturated carbocycles. The predicted molar refractivity (Wildman–Crippen MR) is 145 cm³/mol. The van der Waals surface area contributed by atoms with Gasteiger partial charge in [-0.1, -0.05) is 56.3 Å². The molecule has 7 nitrogen and oxygen atoms in total. The number of para-hydroxylation sites is 2. The lowest BCUT2D eigenvalue weighted by atomic mass is 9.75. The average Bonchev–Trinajstić information content (AvgIpc) is 3.50. The number of carbonyl (C=O) groups excluding carboxylic acids is 2. The minimum atomic E-state index is -1.11. The van der Waals surface area contributed by atoms with Gasteiger partial charge in [-0.05, 0) is 55.2 Å². The lowest BCUT2D eigenvalue weighted by molar-refractivity contribution is -0.123. The van der Waals surface area contributed by atoms with E-state index in [0.717, 1.165) is 16.7 Å². The number of carbonyl (C=O) groups is 2. The van der Waals surface area contributed by atoms with E-state index in [4.69, 9.17) is 4.98 Å². The molecule has 1 N–H and O–H groups in total. The van der Waals surface area contributed by atoms with Crippen molar-refractivity contribution in [3.05, 3.63) is 99.6 Å². The van der Waals surface area contributed by atoms with Crippen molar-refractivity contribution < 1.29 is 9.59 Å². The van der Waals surface area contributed by atoms with E-state index < -0.39 is 17.4 Å². The lowest BCUT2D eigenvalue weighted by Crippen LogP contribution is -2.51. The van der Waals surface area contributed by atoms with Gasteiger partial charge in [0, 0.05) is 11.6 Å². The van der Waals surface area contributed by atoms with Crippen molar-refractivity contribution in [3.63, 3.8) is 0 Å². The first-order valence-electron chi connectivity index (χ1n) is 13.1. The van der Waals surface area contributed by atoms with Crippen molar-refractivity contribution in [2.45, 2.75) is 39.3 Å². The van der Waals surface area contributed by atoms with Crippen LogP contribution < -0.4 is 15.8 Å². The molecule has 3 aliphatic heterocycles. The highest BCUT2D eigenvalue weighted by Gasteiger charge is 2.70. The normalized spacial score (nSPS) is 25.5. The van der Waals surface area contributed by atoms with Crippen molar-refractivity contribution in [1.82, 2.24) is 14.9 Å². The summed E-state index contributed by atoms with van der Waals surface area (Å²) < 4.78 is 1.64. The number of aromatic nitrogens is 2. The summed E-state index contributed by atoms with van der Waals surface area (Å²) in [6.45, 7) is 8.05. The molecule has 0 bridgehead atoms. The van der Waals surface area contributed by atoms with Crippen LogP contribution in [0.1, 0.15) is 36.4 Å². The van der Waals surface area contributed by atoms with Gasteiger partial charge in [0.15, 0.2) is 0 Å². The van der Waals surface area contributed by atoms with Crippen LogP contribution >= 0.6 is 0 Å². The number of aryl methyl sites for hydroxylation is 1. The Morgan fingerprint density at radius 1 is 0.868 bits per heavy atom. The van der Waals surface area contributed by atoms with E-state index in [1.54, 1.807) is 10.6 Å². The molecule has 7 heteroatoms. The van der Waals surface area contributed by atoms with E-state index in [0.29, 0.717) is 28.1 Å². The highest BCUT2D eigenvalue weighted by Crippen LogP contribution is 2.56. The molecule has 3 aromatic carbocycles. The van der Waals surface area contributed by atoms with E-state index in [2.05, 4.69) is 19.2 Å². The van der Waals surface area contributed by atoms with Crippen LogP contribution in [-0.2, 0) is 15.1 Å². The SMILES string of the molecule is Cc1cccc(N2C(=O)[C@H]3[C@@H](C(C)C)N[C@@]4(c5ccccc5-n5c4nc4ccccc4c5=O)[C@H]3C2=O)c1C. The standard InChI is InChI=1S/C31H28N4O3/c1-16(2)26-24-25(29(38)34(28(24)37)22-15-9-10-17(3)18(22)4)31(33-26)20-12-6-8-14-23(20)35-27(36)19-11-5-7-13-21(19)32-30(31)35/h5-16,24-26,33H,1-4H3/t24-,25-,26-,31+/m1/s1. The Kier molecular flexibility index (Phi) is 4.68. The van der Waals surface area contributed by atoms with E-state index in [1.807, 2.05) is 74.5 Å². The summed E-state index contributed by atoms with van der Waals surface area (Å²) >= 11 is 0. The maximum atomic E-state index is 14.5. The molecule has 4 aromatic rings. The molecule has 4 heterocycles. The number of nitrogens with zero attached hydrogens (tertiary/aromatic N) is 3. The molecule has 2 amide bonds. The summed E-state index contributed by atoms with van der Waals surface area (Å²) in [5.74, 6) is -1.25. The molecule has 0 radical (unpaired) electrons. The first-order valence-corrected chi connectivity index (χ1v) is 13.1. The van der Waals surface area contributed by atoms with Gasteiger partial charge in [0.25, 0.3) is 5.56 Å². The second-order valence-corrected chi connectivity index (χ2v) is 11.1. The maximum absolute atomic E-state index is 14.5. The van der Waals surface area contributed by atoms with Gasteiger partial charge in [-0.25, -0.2) is 9.88 Å². The topological polar surface area (TPSA) is 84.3 Å². The summed E-state index contributed by atoms with van der Waals surface area (Å²) in [4.78, 5) is 49.0. The maximum Gasteiger partial charge on any atom is 0.266 e. The second kappa shape index (κ2) is 7.71. The minimum Gasteiger partial charge on any atom is -0.296 e. The summed E-state index contributed by atoms with van der Waals surface area (Å²) in [6, 6.07) is 20.4. The van der Waals surface area contributed by atoms with Gasteiger partial charge in [0.1, 0.15) is 11.4 Å². The van der Waals surface area contributed by atoms with Gasteiger partial charge in [-0.15, -0.1) is 0 Å². The van der Waals surface area contributed by atoms with Crippen molar-refractivity contribution >= 4 is 28.4 Å². The van der Waals surface area contributed by atoms with Crippen molar-refractivity contribution in [1.29, 1.82) is 0 Å². The van der Waals surface area contributed by atoms with Crippen molar-refractivity contribution in [2.75, 3.05) is 4.90 Å². The first kappa shape index (κ1) is 23.0. The summed E-state index contributed by atoms with van der Waals surface area (Å²) in [5.41, 5.74) is 3.35. The van der Waals surface area contributed by atoms with Crippen LogP contribution in [0, 0.1) is 31.6 Å². The Morgan fingerprint density at radius 2 is 1.58 bits per heavy atom. The monoisotopic (exact) mass is 504 g/mol. The molecule has 3 aliphatic rings. The zero-order chi connectivity index (χ0) is 26.5. The smallest absolute Gasteiger partial charge is 0.266 e. The fourth-order valence-electron chi connectivity index (χ4n) is 6.94. The van der Waals surface area contributed by atoms with Gasteiger partial charge in [0.05, 0.1) is 34.1 Å². The number of benzene rings is 3. The molecule has 4 atom stereocenters. The molecule has 1 spiro atoms. The van der Waals surface area contributed by atoms with Gasteiger partial charge >= 0.3 is 0 Å². The fourth-order valence-corrected chi connectivity index (χ4v) is 6.94. The third kappa shape index (κ3) is 2.67. The average molecular weight is 505 g/mol. The Morgan fingerprint density at radius 3 is 2.37 bits per heavy atom. The molecule has 190 valence electrons. The second-order valence-electron chi connectivity index (χ2n) is 11.1. The number of rotatable bonds is 2. The van der Waals surface area contributed by atoms with E-state index in [1.165, 1.54) is 4.90 Å². The predicted octanol–water partition coefficient (Wildman–Crippen LogP) is 3.99. The molecular weight excluding hydrogens is 476 g/mol. The van der Waals surface area contributed by atoms with Crippen LogP contribution in [0.3, 0.4) is 0 Å². The largest absolute Gasteiger partial charge is 0.296 e. The van der Waals surface area contributed by atoms with Gasteiger partial charge < -0.3 is 0 Å². The fraction of sp³-hybridized carbons (Fsp3) is 0.290. The third-order valence-electron chi connectivity index (χ3n) is 8.83. The minimum absolute atomic E-state index is 0.0607. The molecular formula is C31H28N4O3. The summed E-state index contributed by atoms with van der Waals surface area (Å²) in [5, 5.41) is 4.26. The molecule has 38 heavy (non-hydrogen) atoms. The van der Waals surface area contributed by atoms with E-state index in [-0.39, 0.29) is 29.3 Å². The van der Waals surface area contributed by atoms with Crippen molar-refractivity contribution in [2.24, 2.45) is 17.8 Å². The summed E-state index contributed by atoms with van der Waals surface area (Å²) in [7, 11) is 0. The van der Waals surface area contributed by atoms with Crippen LogP contribution in [0.4, 0.5) is 5.69 Å². The number of imide groups is 1. The Labute approximate surface area is 220 Å². The van der Waals surface area contributed by atoms with Crippen LogP contribution in [-0.4, -0.2) is 27.4 Å². The third-order valence-corrected chi connectivity index (χ3v) is 8.83. The number of fused-ring (bicyclic) bond motifs is 8. The van der Waals surface area contributed by atoms with Gasteiger partial charge in [-0.3, -0.25) is 24.3 Å². The zero-order valence-corrected chi connectivity index (χ0v) is 21.7. The molecule has 2 fully saturated rings. The number of nitrogens with one attached hydrogen (secondary N) is 1. The van der Waals surface area contributed by atoms with Crippen molar-refractivity contribution in [3.8, 4) is 5.69 Å².